The summed E-state index contributed by atoms with van der Waals surface area (Å²) in [7, 11) is 0. The van der Waals surface area contributed by atoms with Crippen molar-refractivity contribution in [1.82, 2.24) is 4.98 Å². The molecule has 1 aromatic rings. The fourth-order valence-electron chi connectivity index (χ4n) is 0.912. The molecule has 1 rings (SSSR count). The molecule has 0 radical (unpaired) electrons. The number of rotatable bonds is 3. The molecule has 0 saturated carbocycles. The Morgan fingerprint density at radius 3 is 2.71 bits per heavy atom. The third-order valence-electron chi connectivity index (χ3n) is 1.55. The van der Waals surface area contributed by atoms with Crippen LogP contribution in [0.25, 0.3) is 0 Å². The number of aromatic nitrogens is 1. The van der Waals surface area contributed by atoms with Crippen LogP contribution in [0.5, 0.6) is 0 Å². The molecular weight excluding hydrogens is 218 g/mol. The Bertz CT molecular complexity index is 360. The van der Waals surface area contributed by atoms with Crippen molar-refractivity contribution in [2.75, 3.05) is 0 Å². The van der Waals surface area contributed by atoms with E-state index in [1.165, 1.54) is 0 Å². The molecule has 7 heteroatoms. The second-order valence-electron chi connectivity index (χ2n) is 2.43. The van der Waals surface area contributed by atoms with Gasteiger partial charge < -0.3 is 0 Å². The van der Waals surface area contributed by atoms with Crippen molar-refractivity contribution in [3.05, 3.63) is 33.6 Å². The molecule has 0 atom stereocenters. The molecule has 1 heterocycles. The van der Waals surface area contributed by atoms with Crippen molar-refractivity contribution >= 4 is 17.3 Å². The van der Waals surface area contributed by atoms with Crippen LogP contribution in [0.2, 0.25) is 0 Å². The van der Waals surface area contributed by atoms with E-state index in [1.807, 2.05) is 0 Å². The van der Waals surface area contributed by atoms with Gasteiger partial charge in [-0.05, 0) is 0 Å². The van der Waals surface area contributed by atoms with Crippen LogP contribution in [0.1, 0.15) is 17.7 Å². The van der Waals surface area contributed by atoms with Crippen molar-refractivity contribution < 1.29 is 13.7 Å². The summed E-state index contributed by atoms with van der Waals surface area (Å²) in [6, 6.07) is 1.00. The molecular formula is C7H5ClF2N2O2. The van der Waals surface area contributed by atoms with Gasteiger partial charge in [-0.2, -0.15) is 0 Å². The average molecular weight is 223 g/mol. The first-order valence-corrected chi connectivity index (χ1v) is 4.07. The molecule has 0 saturated heterocycles. The number of alkyl halides is 3. The van der Waals surface area contributed by atoms with E-state index in [9.17, 15) is 18.9 Å². The lowest BCUT2D eigenvalue weighted by atomic mass is 10.2. The summed E-state index contributed by atoms with van der Waals surface area (Å²) in [5, 5.41) is 10.3. The number of hydrogen-bond donors (Lipinski definition) is 0. The quantitative estimate of drug-likeness (QED) is 0.449. The lowest BCUT2D eigenvalue weighted by Crippen LogP contribution is -1.99. The Kier molecular flexibility index (Phi) is 3.29. The molecule has 4 nitrogen and oxygen atoms in total. The number of halogens is 3. The van der Waals surface area contributed by atoms with Gasteiger partial charge in [-0.25, -0.2) is 13.8 Å². The van der Waals surface area contributed by atoms with Gasteiger partial charge >= 0.3 is 0 Å². The highest BCUT2D eigenvalue weighted by Crippen LogP contribution is 2.24. The third-order valence-corrected chi connectivity index (χ3v) is 1.84. The topological polar surface area (TPSA) is 56.0 Å². The van der Waals surface area contributed by atoms with Crippen molar-refractivity contribution in [1.29, 1.82) is 0 Å². The first-order chi connectivity index (χ1) is 6.56. The van der Waals surface area contributed by atoms with E-state index in [0.29, 0.717) is 0 Å². The van der Waals surface area contributed by atoms with Gasteiger partial charge in [0, 0.05) is 17.5 Å². The predicted octanol–water partition coefficient (Wildman–Crippen LogP) is 2.67. The molecule has 0 amide bonds. The lowest BCUT2D eigenvalue weighted by molar-refractivity contribution is -0.385. The van der Waals surface area contributed by atoms with Gasteiger partial charge in [-0.1, -0.05) is 0 Å². The van der Waals surface area contributed by atoms with Crippen molar-refractivity contribution in [2.45, 2.75) is 12.3 Å². The van der Waals surface area contributed by atoms with Crippen LogP contribution in [0.4, 0.5) is 14.5 Å². The van der Waals surface area contributed by atoms with Crippen LogP contribution in [0, 0.1) is 10.1 Å². The number of nitrogens with zero attached hydrogens (tertiary/aromatic N) is 2. The van der Waals surface area contributed by atoms with Gasteiger partial charge in [-0.3, -0.25) is 10.1 Å². The van der Waals surface area contributed by atoms with Crippen molar-refractivity contribution in [2.24, 2.45) is 0 Å². The second kappa shape index (κ2) is 4.28. The zero-order chi connectivity index (χ0) is 10.7. The Labute approximate surface area is 82.7 Å². The van der Waals surface area contributed by atoms with Crippen LogP contribution >= 0.6 is 11.6 Å². The van der Waals surface area contributed by atoms with Gasteiger partial charge in [-0.15, -0.1) is 11.6 Å². The molecule has 76 valence electrons. The van der Waals surface area contributed by atoms with Gasteiger partial charge in [0.1, 0.15) is 11.9 Å². The first kappa shape index (κ1) is 10.8. The van der Waals surface area contributed by atoms with E-state index < -0.39 is 17.0 Å². The summed E-state index contributed by atoms with van der Waals surface area (Å²) >= 11 is 5.36. The molecule has 14 heavy (non-hydrogen) atoms. The molecule has 0 aliphatic heterocycles. The maximum atomic E-state index is 12.3. The van der Waals surface area contributed by atoms with Crippen LogP contribution in [0.3, 0.4) is 0 Å². The highest BCUT2D eigenvalue weighted by molar-refractivity contribution is 6.17. The smallest absolute Gasteiger partial charge is 0.258 e. The predicted molar refractivity (Wildman–Crippen MR) is 45.4 cm³/mol. The standard InChI is InChI=1S/C7H5ClF2N2O2/c8-2-4-1-5(12(13)14)3-11-6(4)7(9)10/h1,3,7H,2H2. The third kappa shape index (κ3) is 2.14. The molecule has 0 spiro atoms. The Hall–Kier alpha value is -1.30. The number of hydrogen-bond acceptors (Lipinski definition) is 3. The zero-order valence-corrected chi connectivity index (χ0v) is 7.54. The largest absolute Gasteiger partial charge is 0.287 e. The Morgan fingerprint density at radius 1 is 1.64 bits per heavy atom. The number of nitro groups is 1. The molecule has 0 aliphatic rings. The van der Waals surface area contributed by atoms with Crippen LogP contribution in [-0.2, 0) is 5.88 Å². The second-order valence-corrected chi connectivity index (χ2v) is 2.70. The van der Waals surface area contributed by atoms with E-state index in [0.717, 1.165) is 12.3 Å². The van der Waals surface area contributed by atoms with Crippen molar-refractivity contribution in [3.8, 4) is 0 Å². The molecule has 0 bridgehead atoms. The maximum Gasteiger partial charge on any atom is 0.287 e. The number of pyridine rings is 1. The molecule has 0 N–H and O–H groups in total. The van der Waals surface area contributed by atoms with Gasteiger partial charge in [0.2, 0.25) is 0 Å². The normalized spacial score (nSPS) is 10.6. The highest BCUT2D eigenvalue weighted by atomic mass is 35.5. The summed E-state index contributed by atoms with van der Waals surface area (Å²) in [6.45, 7) is 0. The van der Waals surface area contributed by atoms with Crippen LogP contribution < -0.4 is 0 Å². The van der Waals surface area contributed by atoms with Gasteiger partial charge in [0.15, 0.2) is 0 Å². The lowest BCUT2D eigenvalue weighted by Gasteiger charge is -2.03. The molecule has 1 aromatic heterocycles. The zero-order valence-electron chi connectivity index (χ0n) is 6.78. The monoisotopic (exact) mass is 222 g/mol. The summed E-state index contributed by atoms with van der Waals surface area (Å²) in [5.41, 5.74) is -0.869. The van der Waals surface area contributed by atoms with E-state index in [2.05, 4.69) is 4.98 Å². The fraction of sp³-hybridized carbons (Fsp3) is 0.286. The van der Waals surface area contributed by atoms with E-state index in [1.54, 1.807) is 0 Å². The van der Waals surface area contributed by atoms with Gasteiger partial charge in [0.25, 0.3) is 12.1 Å². The minimum atomic E-state index is -2.77. The highest BCUT2D eigenvalue weighted by Gasteiger charge is 2.17. The summed E-state index contributed by atoms with van der Waals surface area (Å²) in [4.78, 5) is 12.9. The molecule has 0 fully saturated rings. The minimum absolute atomic E-state index is 0.0177. The van der Waals surface area contributed by atoms with E-state index in [4.69, 9.17) is 11.6 Å². The summed E-state index contributed by atoms with van der Waals surface area (Å²) in [5.74, 6) is -0.228. The Morgan fingerprint density at radius 2 is 2.29 bits per heavy atom. The summed E-state index contributed by atoms with van der Waals surface area (Å²) in [6.07, 6.45) is -1.98. The van der Waals surface area contributed by atoms with Crippen molar-refractivity contribution in [3.63, 3.8) is 0 Å². The first-order valence-electron chi connectivity index (χ1n) is 3.53. The molecule has 0 unspecified atom stereocenters. The Balaban J connectivity index is 3.18. The van der Waals surface area contributed by atoms with E-state index >= 15 is 0 Å². The summed E-state index contributed by atoms with van der Waals surface area (Å²) < 4.78 is 24.5. The van der Waals surface area contributed by atoms with Crippen LogP contribution in [0.15, 0.2) is 12.3 Å². The van der Waals surface area contributed by atoms with Gasteiger partial charge in [0.05, 0.1) is 4.92 Å². The van der Waals surface area contributed by atoms with Crippen LogP contribution in [-0.4, -0.2) is 9.91 Å². The molecule has 0 aliphatic carbocycles. The SMILES string of the molecule is O=[N+]([O-])c1cnc(C(F)F)c(CCl)c1. The maximum absolute atomic E-state index is 12.3. The molecule has 0 aromatic carbocycles. The fourth-order valence-corrected chi connectivity index (χ4v) is 1.13. The average Bonchev–Trinajstić information content (AvgIpc) is 2.16. The minimum Gasteiger partial charge on any atom is -0.258 e. The van der Waals surface area contributed by atoms with E-state index in [-0.39, 0.29) is 17.1 Å².